The lowest BCUT2D eigenvalue weighted by atomic mass is 10.1. The van der Waals surface area contributed by atoms with Crippen molar-refractivity contribution in [3.63, 3.8) is 0 Å². The van der Waals surface area contributed by atoms with E-state index in [1.807, 2.05) is 12.1 Å². The van der Waals surface area contributed by atoms with Crippen LogP contribution in [-0.4, -0.2) is 25.5 Å². The average molecular weight is 366 g/mol. The van der Waals surface area contributed by atoms with Crippen LogP contribution in [0.1, 0.15) is 11.1 Å². The van der Waals surface area contributed by atoms with E-state index in [-0.39, 0.29) is 12.2 Å². The molecule has 2 rings (SSSR count). The molecule has 0 unspecified atom stereocenters. The van der Waals surface area contributed by atoms with Crippen LogP contribution < -0.4 is 15.4 Å². The van der Waals surface area contributed by atoms with Crippen LogP contribution in [0.3, 0.4) is 0 Å². The van der Waals surface area contributed by atoms with Gasteiger partial charge in [-0.3, -0.25) is 9.59 Å². The fourth-order valence-electron chi connectivity index (χ4n) is 2.15. The van der Waals surface area contributed by atoms with Gasteiger partial charge in [0.05, 0.1) is 12.7 Å². The summed E-state index contributed by atoms with van der Waals surface area (Å²) < 4.78 is 43.0. The molecular formula is C18H17F3N2O3. The van der Waals surface area contributed by atoms with Gasteiger partial charge in [0.1, 0.15) is 5.75 Å². The van der Waals surface area contributed by atoms with Gasteiger partial charge >= 0.3 is 18.0 Å². The minimum absolute atomic E-state index is 0.102. The summed E-state index contributed by atoms with van der Waals surface area (Å²) in [7, 11) is 1.55. The maximum absolute atomic E-state index is 12.6. The van der Waals surface area contributed by atoms with Gasteiger partial charge in [-0.25, -0.2) is 0 Å². The monoisotopic (exact) mass is 366 g/mol. The first-order valence-corrected chi connectivity index (χ1v) is 7.69. The highest BCUT2D eigenvalue weighted by atomic mass is 19.4. The van der Waals surface area contributed by atoms with Crippen LogP contribution >= 0.6 is 0 Å². The fourth-order valence-corrected chi connectivity index (χ4v) is 2.15. The van der Waals surface area contributed by atoms with Crippen molar-refractivity contribution in [3.8, 4) is 5.75 Å². The number of amides is 2. The number of hydrogen-bond acceptors (Lipinski definition) is 3. The van der Waals surface area contributed by atoms with Gasteiger partial charge in [0.25, 0.3) is 0 Å². The van der Waals surface area contributed by atoms with Gasteiger partial charge in [-0.2, -0.15) is 13.2 Å². The van der Waals surface area contributed by atoms with E-state index in [0.29, 0.717) is 12.2 Å². The summed E-state index contributed by atoms with van der Waals surface area (Å²) in [6, 6.07) is 11.3. The van der Waals surface area contributed by atoms with E-state index in [1.165, 1.54) is 6.07 Å². The molecule has 0 bridgehead atoms. The topological polar surface area (TPSA) is 67.4 Å². The molecule has 0 heterocycles. The maximum atomic E-state index is 12.6. The Labute approximate surface area is 148 Å². The Morgan fingerprint density at radius 3 is 2.35 bits per heavy atom. The number of carbonyl (C=O) groups is 2. The van der Waals surface area contributed by atoms with Crippen LogP contribution in [0.25, 0.3) is 0 Å². The van der Waals surface area contributed by atoms with Crippen molar-refractivity contribution >= 4 is 17.5 Å². The van der Waals surface area contributed by atoms with Crippen molar-refractivity contribution in [1.29, 1.82) is 0 Å². The number of carbonyl (C=O) groups excluding carboxylic acids is 2. The Balaban J connectivity index is 1.84. The third-order valence-corrected chi connectivity index (χ3v) is 3.51. The zero-order valence-corrected chi connectivity index (χ0v) is 13.9. The Bertz CT molecular complexity index is 774. The highest BCUT2D eigenvalue weighted by Gasteiger charge is 2.30. The van der Waals surface area contributed by atoms with Gasteiger partial charge in [0, 0.05) is 12.2 Å². The van der Waals surface area contributed by atoms with E-state index in [0.717, 1.165) is 23.8 Å². The van der Waals surface area contributed by atoms with E-state index >= 15 is 0 Å². The summed E-state index contributed by atoms with van der Waals surface area (Å²) in [5.41, 5.74) is -0.0743. The summed E-state index contributed by atoms with van der Waals surface area (Å²) in [5, 5.41) is 4.57. The zero-order chi connectivity index (χ0) is 19.2. The van der Waals surface area contributed by atoms with Gasteiger partial charge in [-0.15, -0.1) is 0 Å². The summed E-state index contributed by atoms with van der Waals surface area (Å²) in [6.07, 6.45) is -4.03. The Morgan fingerprint density at radius 1 is 1.04 bits per heavy atom. The molecule has 0 radical (unpaired) electrons. The standard InChI is InChI=1S/C18H17F3N2O3/c1-26-15-7-5-12(6-8-15)9-10-22-16(24)17(25)23-14-4-2-3-13(11-14)18(19,20)21/h2-8,11H,9-10H2,1H3,(H,22,24)(H,23,25). The van der Waals surface area contributed by atoms with E-state index in [2.05, 4.69) is 10.6 Å². The summed E-state index contributed by atoms with van der Waals surface area (Å²) in [4.78, 5) is 23.5. The summed E-state index contributed by atoms with van der Waals surface area (Å²) >= 11 is 0. The molecule has 5 nitrogen and oxygen atoms in total. The van der Waals surface area contributed by atoms with E-state index in [9.17, 15) is 22.8 Å². The lowest BCUT2D eigenvalue weighted by Gasteiger charge is -2.10. The molecule has 0 aliphatic rings. The van der Waals surface area contributed by atoms with E-state index in [1.54, 1.807) is 19.2 Å². The minimum atomic E-state index is -4.53. The second-order valence-corrected chi connectivity index (χ2v) is 5.39. The molecule has 2 amide bonds. The van der Waals surface area contributed by atoms with Crippen molar-refractivity contribution in [3.05, 3.63) is 59.7 Å². The fraction of sp³-hybridized carbons (Fsp3) is 0.222. The van der Waals surface area contributed by atoms with Crippen molar-refractivity contribution in [2.45, 2.75) is 12.6 Å². The van der Waals surface area contributed by atoms with Gasteiger partial charge < -0.3 is 15.4 Å². The zero-order valence-electron chi connectivity index (χ0n) is 13.9. The molecule has 2 aromatic carbocycles. The second kappa shape index (κ2) is 8.37. The quantitative estimate of drug-likeness (QED) is 0.800. The molecule has 26 heavy (non-hydrogen) atoms. The first-order chi connectivity index (χ1) is 12.3. The Kier molecular flexibility index (Phi) is 6.21. The predicted molar refractivity (Wildman–Crippen MR) is 89.8 cm³/mol. The van der Waals surface area contributed by atoms with Crippen LogP contribution in [0.2, 0.25) is 0 Å². The number of methoxy groups -OCH3 is 1. The minimum Gasteiger partial charge on any atom is -0.497 e. The Morgan fingerprint density at radius 2 is 1.73 bits per heavy atom. The normalized spacial score (nSPS) is 10.9. The molecule has 0 spiro atoms. The molecule has 0 fully saturated rings. The molecule has 0 saturated carbocycles. The van der Waals surface area contributed by atoms with Crippen molar-refractivity contribution in [2.24, 2.45) is 0 Å². The smallest absolute Gasteiger partial charge is 0.416 e. The molecule has 0 aromatic heterocycles. The number of anilines is 1. The van der Waals surface area contributed by atoms with Crippen molar-refractivity contribution in [2.75, 3.05) is 19.0 Å². The van der Waals surface area contributed by atoms with Gasteiger partial charge in [0.2, 0.25) is 0 Å². The molecule has 2 N–H and O–H groups in total. The number of hydrogen-bond donors (Lipinski definition) is 2. The molecule has 0 aliphatic heterocycles. The third-order valence-electron chi connectivity index (χ3n) is 3.51. The van der Waals surface area contributed by atoms with Crippen LogP contribution in [0.15, 0.2) is 48.5 Å². The van der Waals surface area contributed by atoms with Crippen LogP contribution in [0, 0.1) is 0 Å². The number of nitrogens with one attached hydrogen (secondary N) is 2. The molecule has 138 valence electrons. The molecule has 0 aliphatic carbocycles. The lowest BCUT2D eigenvalue weighted by Crippen LogP contribution is -2.36. The van der Waals surface area contributed by atoms with Gasteiger partial charge in [-0.05, 0) is 42.3 Å². The number of alkyl halides is 3. The number of rotatable bonds is 5. The second-order valence-electron chi connectivity index (χ2n) is 5.39. The average Bonchev–Trinajstić information content (AvgIpc) is 2.61. The Hall–Kier alpha value is -3.03. The van der Waals surface area contributed by atoms with E-state index < -0.39 is 23.6 Å². The first-order valence-electron chi connectivity index (χ1n) is 7.69. The highest BCUT2D eigenvalue weighted by Crippen LogP contribution is 2.30. The summed E-state index contributed by atoms with van der Waals surface area (Å²) in [5.74, 6) is -1.24. The molecular weight excluding hydrogens is 349 g/mol. The summed E-state index contributed by atoms with van der Waals surface area (Å²) in [6.45, 7) is 0.209. The predicted octanol–water partition coefficient (Wildman–Crippen LogP) is 3.01. The van der Waals surface area contributed by atoms with Crippen molar-refractivity contribution < 1.29 is 27.5 Å². The third kappa shape index (κ3) is 5.51. The van der Waals surface area contributed by atoms with Crippen LogP contribution in [0.5, 0.6) is 5.75 Å². The van der Waals surface area contributed by atoms with Crippen LogP contribution in [-0.2, 0) is 22.2 Å². The first kappa shape index (κ1) is 19.3. The highest BCUT2D eigenvalue weighted by molar-refractivity contribution is 6.39. The molecule has 0 saturated heterocycles. The molecule has 0 atom stereocenters. The maximum Gasteiger partial charge on any atom is 0.416 e. The lowest BCUT2D eigenvalue weighted by molar-refractivity contribution is -0.137. The SMILES string of the molecule is COc1ccc(CCNC(=O)C(=O)Nc2cccc(C(F)(F)F)c2)cc1. The van der Waals surface area contributed by atoms with Gasteiger partial charge in [-0.1, -0.05) is 18.2 Å². The van der Waals surface area contributed by atoms with E-state index in [4.69, 9.17) is 4.74 Å². The number of benzene rings is 2. The van der Waals surface area contributed by atoms with Gasteiger partial charge in [0.15, 0.2) is 0 Å². The number of halogens is 3. The van der Waals surface area contributed by atoms with Crippen molar-refractivity contribution in [1.82, 2.24) is 5.32 Å². The largest absolute Gasteiger partial charge is 0.497 e. The van der Waals surface area contributed by atoms with Crippen LogP contribution in [0.4, 0.5) is 18.9 Å². The number of ether oxygens (including phenoxy) is 1. The molecule has 2 aromatic rings. The molecule has 8 heteroatoms.